The third-order valence-corrected chi connectivity index (χ3v) is 4.33. The van der Waals surface area contributed by atoms with Crippen molar-refractivity contribution in [1.82, 2.24) is 9.38 Å². The third kappa shape index (κ3) is 1.88. The van der Waals surface area contributed by atoms with Crippen molar-refractivity contribution in [3.05, 3.63) is 70.7 Å². The summed E-state index contributed by atoms with van der Waals surface area (Å²) in [5.41, 5.74) is 3.09. The molecule has 2 aromatic heterocycles. The molecule has 0 fully saturated rings. The van der Waals surface area contributed by atoms with E-state index in [9.17, 15) is 9.59 Å². The Hall–Kier alpha value is -2.75. The predicted molar refractivity (Wildman–Crippen MR) is 87.2 cm³/mol. The highest BCUT2D eigenvalue weighted by molar-refractivity contribution is 6.27. The lowest BCUT2D eigenvalue weighted by atomic mass is 9.81. The van der Waals surface area contributed by atoms with E-state index in [1.807, 2.05) is 24.3 Å². The van der Waals surface area contributed by atoms with Crippen LogP contribution in [-0.2, 0) is 5.41 Å². The molecule has 4 heteroatoms. The number of nitrogens with zero attached hydrogens (tertiary/aromatic N) is 2. The number of imidazole rings is 1. The second kappa shape index (κ2) is 4.38. The quantitative estimate of drug-likeness (QED) is 0.500. The molecule has 0 amide bonds. The molecule has 0 aliphatic heterocycles. The molecule has 0 radical (unpaired) electrons. The Bertz CT molecular complexity index is 990. The Morgan fingerprint density at radius 1 is 0.957 bits per heavy atom. The van der Waals surface area contributed by atoms with Crippen LogP contribution in [0.5, 0.6) is 0 Å². The van der Waals surface area contributed by atoms with Crippen LogP contribution in [0.25, 0.3) is 5.65 Å². The first-order valence-electron chi connectivity index (χ1n) is 7.59. The maximum atomic E-state index is 13.0. The summed E-state index contributed by atoms with van der Waals surface area (Å²) in [6.07, 6.45) is 1.77. The van der Waals surface area contributed by atoms with E-state index >= 15 is 0 Å². The summed E-state index contributed by atoms with van der Waals surface area (Å²) in [6, 6.07) is 11.0. The monoisotopic (exact) mass is 304 g/mol. The summed E-state index contributed by atoms with van der Waals surface area (Å²) in [6.45, 7) is 6.26. The fraction of sp³-hybridized carbons (Fsp3) is 0.211. The van der Waals surface area contributed by atoms with Gasteiger partial charge in [0.15, 0.2) is 0 Å². The number of carbonyl (C=O) groups excluding carboxylic acids is 2. The lowest BCUT2D eigenvalue weighted by Crippen LogP contribution is -2.23. The molecule has 0 unspecified atom stereocenters. The number of ketones is 2. The van der Waals surface area contributed by atoms with Crippen LogP contribution in [0.1, 0.15) is 58.4 Å². The molecule has 0 atom stereocenters. The number of hydrogen-bond acceptors (Lipinski definition) is 3. The van der Waals surface area contributed by atoms with Crippen LogP contribution in [-0.4, -0.2) is 21.0 Å². The van der Waals surface area contributed by atoms with E-state index in [1.54, 1.807) is 22.7 Å². The molecule has 3 aromatic rings. The van der Waals surface area contributed by atoms with Crippen LogP contribution in [0.2, 0.25) is 0 Å². The minimum Gasteiger partial charge on any atom is -0.296 e. The van der Waals surface area contributed by atoms with Gasteiger partial charge in [0.2, 0.25) is 11.6 Å². The SMILES string of the molecule is CC(C)(C)c1ccc2c(c1)C(=O)c1c(nc3ccccn13)C2=O. The molecule has 1 aromatic carbocycles. The predicted octanol–water partition coefficient (Wildman–Crippen LogP) is 3.41. The van der Waals surface area contributed by atoms with Gasteiger partial charge in [0.25, 0.3) is 0 Å². The van der Waals surface area contributed by atoms with E-state index in [0.29, 0.717) is 22.5 Å². The Morgan fingerprint density at radius 2 is 1.74 bits per heavy atom. The number of aromatic nitrogens is 2. The van der Waals surface area contributed by atoms with Gasteiger partial charge in [-0.25, -0.2) is 4.98 Å². The summed E-state index contributed by atoms with van der Waals surface area (Å²) >= 11 is 0. The number of fused-ring (bicyclic) bond motifs is 4. The van der Waals surface area contributed by atoms with Gasteiger partial charge in [0, 0.05) is 17.3 Å². The fourth-order valence-corrected chi connectivity index (χ4v) is 3.02. The van der Waals surface area contributed by atoms with Gasteiger partial charge in [0.05, 0.1) is 0 Å². The standard InChI is InChI=1S/C19H16N2O2/c1-19(2,3)11-7-8-12-13(10-11)18(23)16-15(17(12)22)20-14-6-4-5-9-21(14)16/h4-10H,1-3H3. The topological polar surface area (TPSA) is 51.4 Å². The first-order chi connectivity index (χ1) is 10.9. The number of pyridine rings is 1. The minimum absolute atomic E-state index is 0.0852. The highest BCUT2D eigenvalue weighted by atomic mass is 16.1. The van der Waals surface area contributed by atoms with Gasteiger partial charge in [0.1, 0.15) is 17.0 Å². The second-order valence-corrected chi connectivity index (χ2v) is 6.91. The number of rotatable bonds is 0. The zero-order chi connectivity index (χ0) is 16.4. The molecule has 2 heterocycles. The maximum absolute atomic E-state index is 13.0. The second-order valence-electron chi connectivity index (χ2n) is 6.91. The lowest BCUT2D eigenvalue weighted by Gasteiger charge is -2.22. The van der Waals surface area contributed by atoms with E-state index in [2.05, 4.69) is 25.8 Å². The molecule has 0 spiro atoms. The summed E-state index contributed by atoms with van der Waals surface area (Å²) in [4.78, 5) is 30.1. The van der Waals surface area contributed by atoms with Crippen molar-refractivity contribution >= 4 is 17.2 Å². The van der Waals surface area contributed by atoms with Gasteiger partial charge >= 0.3 is 0 Å². The molecular weight excluding hydrogens is 288 g/mol. The molecule has 114 valence electrons. The average Bonchev–Trinajstić information content (AvgIpc) is 2.91. The van der Waals surface area contributed by atoms with Gasteiger partial charge in [-0.2, -0.15) is 0 Å². The van der Waals surface area contributed by atoms with Crippen molar-refractivity contribution < 1.29 is 9.59 Å². The highest BCUT2D eigenvalue weighted by Gasteiger charge is 2.34. The first kappa shape index (κ1) is 13.9. The molecule has 0 N–H and O–H groups in total. The summed E-state index contributed by atoms with van der Waals surface area (Å²) in [5, 5.41) is 0. The van der Waals surface area contributed by atoms with Crippen molar-refractivity contribution in [2.75, 3.05) is 0 Å². The van der Waals surface area contributed by atoms with Gasteiger partial charge in [-0.3, -0.25) is 14.0 Å². The molecule has 1 aliphatic carbocycles. The smallest absolute Gasteiger partial charge is 0.214 e. The van der Waals surface area contributed by atoms with Gasteiger partial charge in [-0.15, -0.1) is 0 Å². The van der Waals surface area contributed by atoms with Crippen molar-refractivity contribution in [1.29, 1.82) is 0 Å². The van der Waals surface area contributed by atoms with E-state index in [4.69, 9.17) is 0 Å². The number of hydrogen-bond donors (Lipinski definition) is 0. The Kier molecular flexibility index (Phi) is 2.64. The Balaban J connectivity index is 2.01. The van der Waals surface area contributed by atoms with E-state index in [-0.39, 0.29) is 22.7 Å². The summed E-state index contributed by atoms with van der Waals surface area (Å²) in [5.74, 6) is -0.321. The molecule has 4 nitrogen and oxygen atoms in total. The van der Waals surface area contributed by atoms with E-state index in [1.165, 1.54) is 0 Å². The zero-order valence-electron chi connectivity index (χ0n) is 13.3. The summed E-state index contributed by atoms with van der Waals surface area (Å²) in [7, 11) is 0. The Labute approximate surface area is 133 Å². The van der Waals surface area contributed by atoms with Crippen LogP contribution >= 0.6 is 0 Å². The molecule has 0 saturated heterocycles. The Morgan fingerprint density at radius 3 is 2.48 bits per heavy atom. The van der Waals surface area contributed by atoms with E-state index < -0.39 is 0 Å². The van der Waals surface area contributed by atoms with Crippen molar-refractivity contribution in [3.63, 3.8) is 0 Å². The molecule has 1 aliphatic rings. The largest absolute Gasteiger partial charge is 0.296 e. The molecule has 4 rings (SSSR count). The molecule has 0 bridgehead atoms. The molecule has 0 saturated carbocycles. The minimum atomic E-state index is -0.182. The van der Waals surface area contributed by atoms with Crippen molar-refractivity contribution in [2.45, 2.75) is 26.2 Å². The first-order valence-corrected chi connectivity index (χ1v) is 7.59. The maximum Gasteiger partial charge on any atom is 0.214 e. The van der Waals surface area contributed by atoms with Crippen molar-refractivity contribution in [3.8, 4) is 0 Å². The number of carbonyl (C=O) groups is 2. The average molecular weight is 304 g/mol. The summed E-state index contributed by atoms with van der Waals surface area (Å²) < 4.78 is 1.70. The lowest BCUT2D eigenvalue weighted by molar-refractivity contribution is 0.0973. The van der Waals surface area contributed by atoms with Crippen LogP contribution in [0.4, 0.5) is 0 Å². The normalized spacial score (nSPS) is 14.0. The van der Waals surface area contributed by atoms with Gasteiger partial charge < -0.3 is 0 Å². The van der Waals surface area contributed by atoms with E-state index in [0.717, 1.165) is 5.56 Å². The zero-order valence-corrected chi connectivity index (χ0v) is 13.3. The highest BCUT2D eigenvalue weighted by Crippen LogP contribution is 2.31. The van der Waals surface area contributed by atoms with Crippen LogP contribution < -0.4 is 0 Å². The third-order valence-electron chi connectivity index (χ3n) is 4.33. The number of benzene rings is 1. The van der Waals surface area contributed by atoms with Crippen LogP contribution in [0, 0.1) is 0 Å². The van der Waals surface area contributed by atoms with Crippen LogP contribution in [0.3, 0.4) is 0 Å². The van der Waals surface area contributed by atoms with Crippen LogP contribution in [0.15, 0.2) is 42.6 Å². The molecular formula is C19H16N2O2. The van der Waals surface area contributed by atoms with Gasteiger partial charge in [-0.1, -0.05) is 32.9 Å². The fourth-order valence-electron chi connectivity index (χ4n) is 3.02. The van der Waals surface area contributed by atoms with Gasteiger partial charge in [-0.05, 0) is 35.2 Å². The van der Waals surface area contributed by atoms with Crippen molar-refractivity contribution in [2.24, 2.45) is 0 Å². The molecule has 23 heavy (non-hydrogen) atoms.